The van der Waals surface area contributed by atoms with Crippen LogP contribution in [0.25, 0.3) is 0 Å². The third-order valence-electron chi connectivity index (χ3n) is 5.10. The molecule has 3 unspecified atom stereocenters. The molecule has 3 rings (SSSR count). The zero-order chi connectivity index (χ0) is 13.1. The van der Waals surface area contributed by atoms with Crippen LogP contribution in [0.2, 0.25) is 0 Å². The van der Waals surface area contributed by atoms with Gasteiger partial charge < -0.3 is 10.6 Å². The van der Waals surface area contributed by atoms with Gasteiger partial charge in [-0.1, -0.05) is 37.3 Å². The molecule has 1 saturated carbocycles. The molecule has 2 N–H and O–H groups in total. The van der Waals surface area contributed by atoms with Crippen LogP contribution in [-0.2, 0) is 6.42 Å². The minimum absolute atomic E-state index is 0.567. The van der Waals surface area contributed by atoms with Crippen LogP contribution < -0.4 is 10.6 Å². The number of rotatable bonds is 5. The van der Waals surface area contributed by atoms with Gasteiger partial charge in [-0.3, -0.25) is 0 Å². The van der Waals surface area contributed by atoms with E-state index in [9.17, 15) is 0 Å². The highest BCUT2D eigenvalue weighted by atomic mass is 15.0. The minimum atomic E-state index is 0.567. The lowest BCUT2D eigenvalue weighted by Crippen LogP contribution is -2.31. The van der Waals surface area contributed by atoms with E-state index >= 15 is 0 Å². The normalized spacial score (nSPS) is 33.5. The smallest absolute Gasteiger partial charge is 0.00761 e. The van der Waals surface area contributed by atoms with Gasteiger partial charge in [-0.05, 0) is 55.7 Å². The molecule has 2 aliphatic rings. The van der Waals surface area contributed by atoms with E-state index in [1.807, 2.05) is 0 Å². The molecule has 1 saturated heterocycles. The van der Waals surface area contributed by atoms with Crippen molar-refractivity contribution in [1.82, 2.24) is 10.6 Å². The highest BCUT2D eigenvalue weighted by molar-refractivity contribution is 5.14. The fourth-order valence-corrected chi connectivity index (χ4v) is 3.92. The van der Waals surface area contributed by atoms with Crippen LogP contribution >= 0.6 is 0 Å². The monoisotopic (exact) mass is 258 g/mol. The first-order valence-electron chi connectivity index (χ1n) is 7.74. The first-order valence-corrected chi connectivity index (χ1v) is 7.74. The molecule has 19 heavy (non-hydrogen) atoms. The fourth-order valence-electron chi connectivity index (χ4n) is 3.92. The minimum Gasteiger partial charge on any atom is -0.316 e. The Labute approximate surface area is 117 Å². The van der Waals surface area contributed by atoms with E-state index in [1.54, 1.807) is 0 Å². The summed E-state index contributed by atoms with van der Waals surface area (Å²) in [6.07, 6.45) is 5.17. The lowest BCUT2D eigenvalue weighted by molar-refractivity contribution is 0.302. The van der Waals surface area contributed by atoms with E-state index in [-0.39, 0.29) is 0 Å². The zero-order valence-corrected chi connectivity index (χ0v) is 12.0. The summed E-state index contributed by atoms with van der Waals surface area (Å²) in [6.45, 7) is 6.08. The highest BCUT2D eigenvalue weighted by Gasteiger charge is 2.46. The van der Waals surface area contributed by atoms with Gasteiger partial charge in [0.05, 0.1) is 0 Å². The molecule has 2 heteroatoms. The van der Waals surface area contributed by atoms with Crippen LogP contribution in [0.1, 0.15) is 31.7 Å². The predicted molar refractivity (Wildman–Crippen MR) is 80.3 cm³/mol. The number of benzene rings is 1. The Kier molecular flexibility index (Phi) is 3.90. The lowest BCUT2D eigenvalue weighted by atomic mass is 9.83. The quantitative estimate of drug-likeness (QED) is 0.793. The van der Waals surface area contributed by atoms with Crippen molar-refractivity contribution in [3.63, 3.8) is 0 Å². The maximum atomic E-state index is 3.78. The molecular weight excluding hydrogens is 232 g/mol. The second-order valence-electron chi connectivity index (χ2n) is 6.66. The van der Waals surface area contributed by atoms with E-state index in [0.717, 1.165) is 18.5 Å². The highest BCUT2D eigenvalue weighted by Crippen LogP contribution is 2.45. The van der Waals surface area contributed by atoms with Crippen LogP contribution in [0.3, 0.4) is 0 Å². The molecule has 2 nitrogen and oxygen atoms in total. The van der Waals surface area contributed by atoms with E-state index in [1.165, 1.54) is 44.3 Å². The van der Waals surface area contributed by atoms with Crippen LogP contribution in [-0.4, -0.2) is 25.7 Å². The van der Waals surface area contributed by atoms with Gasteiger partial charge in [-0.2, -0.15) is 0 Å². The van der Waals surface area contributed by atoms with Gasteiger partial charge in [-0.15, -0.1) is 0 Å². The Balaban J connectivity index is 1.38. The lowest BCUT2D eigenvalue weighted by Gasteiger charge is -2.22. The number of hydrogen-bond acceptors (Lipinski definition) is 2. The Hall–Kier alpha value is -0.860. The van der Waals surface area contributed by atoms with Gasteiger partial charge in [0.25, 0.3) is 0 Å². The second kappa shape index (κ2) is 5.64. The molecule has 104 valence electrons. The average Bonchev–Trinajstić information content (AvgIpc) is 2.90. The number of aryl methyl sites for hydroxylation is 1. The van der Waals surface area contributed by atoms with Crippen LogP contribution in [0.4, 0.5) is 0 Å². The first kappa shape index (κ1) is 13.1. The molecule has 0 radical (unpaired) electrons. The van der Waals surface area contributed by atoms with Crippen molar-refractivity contribution in [2.24, 2.45) is 11.3 Å². The van der Waals surface area contributed by atoms with Gasteiger partial charge in [0.15, 0.2) is 0 Å². The van der Waals surface area contributed by atoms with Gasteiger partial charge in [0.2, 0.25) is 0 Å². The maximum absolute atomic E-state index is 3.78. The molecule has 1 aromatic rings. The van der Waals surface area contributed by atoms with Crippen molar-refractivity contribution in [2.45, 2.75) is 38.6 Å². The van der Waals surface area contributed by atoms with Crippen molar-refractivity contribution in [3.05, 3.63) is 35.9 Å². The maximum Gasteiger partial charge on any atom is 0.00761 e. The van der Waals surface area contributed by atoms with Crippen molar-refractivity contribution in [2.75, 3.05) is 19.6 Å². The molecular formula is C17H26N2. The molecule has 0 bridgehead atoms. The van der Waals surface area contributed by atoms with E-state index in [4.69, 9.17) is 0 Å². The Morgan fingerprint density at radius 1 is 1.32 bits per heavy atom. The number of nitrogens with one attached hydrogen (secondary N) is 2. The fraction of sp³-hybridized carbons (Fsp3) is 0.647. The van der Waals surface area contributed by atoms with Crippen molar-refractivity contribution in [3.8, 4) is 0 Å². The molecule has 1 aliphatic heterocycles. The standard InChI is InChI=1S/C17H26N2/c1-17-11-16(10-15(17)12-18-13-17)19-9-5-8-14-6-3-2-4-7-14/h2-4,6-7,15-16,18-19H,5,8-13H2,1H3. The molecule has 1 heterocycles. The molecule has 2 fully saturated rings. The summed E-state index contributed by atoms with van der Waals surface area (Å²) in [6, 6.07) is 11.6. The molecule has 0 amide bonds. The van der Waals surface area contributed by atoms with Gasteiger partial charge in [0, 0.05) is 12.6 Å². The summed E-state index contributed by atoms with van der Waals surface area (Å²) in [5.74, 6) is 0.902. The summed E-state index contributed by atoms with van der Waals surface area (Å²) in [5.41, 5.74) is 2.03. The SMILES string of the molecule is CC12CNCC1CC(NCCCc1ccccc1)C2. The Morgan fingerprint density at radius 3 is 2.95 bits per heavy atom. The summed E-state index contributed by atoms with van der Waals surface area (Å²) >= 11 is 0. The molecule has 3 atom stereocenters. The number of fused-ring (bicyclic) bond motifs is 1. The Morgan fingerprint density at radius 2 is 2.16 bits per heavy atom. The van der Waals surface area contributed by atoms with Gasteiger partial charge >= 0.3 is 0 Å². The van der Waals surface area contributed by atoms with E-state index in [0.29, 0.717) is 5.41 Å². The molecule has 1 aromatic carbocycles. The average molecular weight is 258 g/mol. The predicted octanol–water partition coefficient (Wildman–Crippen LogP) is 2.60. The van der Waals surface area contributed by atoms with E-state index in [2.05, 4.69) is 47.9 Å². The zero-order valence-electron chi connectivity index (χ0n) is 12.0. The topological polar surface area (TPSA) is 24.1 Å². The van der Waals surface area contributed by atoms with Crippen molar-refractivity contribution >= 4 is 0 Å². The summed E-state index contributed by atoms with van der Waals surface area (Å²) < 4.78 is 0. The summed E-state index contributed by atoms with van der Waals surface area (Å²) in [5, 5.41) is 7.32. The third kappa shape index (κ3) is 3.01. The molecule has 0 spiro atoms. The third-order valence-corrected chi connectivity index (χ3v) is 5.10. The first-order chi connectivity index (χ1) is 9.26. The van der Waals surface area contributed by atoms with Crippen LogP contribution in [0, 0.1) is 11.3 Å². The summed E-state index contributed by atoms with van der Waals surface area (Å²) in [7, 11) is 0. The van der Waals surface area contributed by atoms with Crippen LogP contribution in [0.5, 0.6) is 0 Å². The van der Waals surface area contributed by atoms with Crippen LogP contribution in [0.15, 0.2) is 30.3 Å². The molecule has 1 aliphatic carbocycles. The van der Waals surface area contributed by atoms with Crippen molar-refractivity contribution < 1.29 is 0 Å². The molecule has 0 aromatic heterocycles. The van der Waals surface area contributed by atoms with Gasteiger partial charge in [-0.25, -0.2) is 0 Å². The second-order valence-corrected chi connectivity index (χ2v) is 6.66. The summed E-state index contributed by atoms with van der Waals surface area (Å²) in [4.78, 5) is 0. The number of hydrogen-bond donors (Lipinski definition) is 2. The van der Waals surface area contributed by atoms with Crippen molar-refractivity contribution in [1.29, 1.82) is 0 Å². The largest absolute Gasteiger partial charge is 0.316 e. The Bertz CT molecular complexity index is 403. The van der Waals surface area contributed by atoms with E-state index < -0.39 is 0 Å². The van der Waals surface area contributed by atoms with Gasteiger partial charge in [0.1, 0.15) is 0 Å².